The van der Waals surface area contributed by atoms with Crippen LogP contribution in [0.2, 0.25) is 0 Å². The molecule has 1 heterocycles. The summed E-state index contributed by atoms with van der Waals surface area (Å²) in [6.45, 7) is 5.60. The Morgan fingerprint density at radius 3 is 2.58 bits per heavy atom. The Balaban J connectivity index is 2.34. The van der Waals surface area contributed by atoms with E-state index in [-0.39, 0.29) is 5.78 Å². The second kappa shape index (κ2) is 5.31. The molecule has 1 aromatic heterocycles. The molecule has 0 atom stereocenters. The molecule has 2 rings (SSSR count). The fourth-order valence-corrected chi connectivity index (χ4v) is 2.20. The molecule has 0 N–H and O–H groups in total. The predicted molar refractivity (Wildman–Crippen MR) is 74.0 cm³/mol. The third kappa shape index (κ3) is 2.87. The van der Waals surface area contributed by atoms with E-state index in [1.165, 1.54) is 12.5 Å². The van der Waals surface area contributed by atoms with Gasteiger partial charge < -0.3 is 9.15 Å². The molecule has 0 saturated carbocycles. The highest BCUT2D eigenvalue weighted by Crippen LogP contribution is 2.27. The summed E-state index contributed by atoms with van der Waals surface area (Å²) >= 11 is 0. The Bertz CT molecular complexity index is 608. The van der Waals surface area contributed by atoms with E-state index in [2.05, 4.69) is 13.0 Å². The van der Waals surface area contributed by atoms with Crippen molar-refractivity contribution >= 4 is 5.78 Å². The highest BCUT2D eigenvalue weighted by molar-refractivity contribution is 5.91. The van der Waals surface area contributed by atoms with Crippen LogP contribution in [-0.4, -0.2) is 12.9 Å². The summed E-state index contributed by atoms with van der Waals surface area (Å²) in [7, 11) is 1.67. The largest absolute Gasteiger partial charge is 0.496 e. The van der Waals surface area contributed by atoms with Gasteiger partial charge in [0, 0.05) is 18.9 Å². The van der Waals surface area contributed by atoms with Gasteiger partial charge in [-0.3, -0.25) is 4.79 Å². The number of hydrogen-bond donors (Lipinski definition) is 0. The minimum Gasteiger partial charge on any atom is -0.496 e. The first-order valence-electron chi connectivity index (χ1n) is 6.25. The molecule has 0 saturated heterocycles. The number of carbonyl (C=O) groups excluding carboxylic acids is 1. The molecule has 0 spiro atoms. The van der Waals surface area contributed by atoms with Crippen LogP contribution in [0.5, 0.6) is 5.75 Å². The Morgan fingerprint density at radius 2 is 2.00 bits per heavy atom. The Morgan fingerprint density at radius 1 is 1.26 bits per heavy atom. The van der Waals surface area contributed by atoms with Crippen molar-refractivity contribution in [1.29, 1.82) is 0 Å². The van der Waals surface area contributed by atoms with Crippen LogP contribution in [0.1, 0.15) is 39.9 Å². The number of ether oxygens (including phenoxy) is 1. The summed E-state index contributed by atoms with van der Waals surface area (Å²) in [6, 6.07) is 7.69. The number of benzene rings is 1. The van der Waals surface area contributed by atoms with Gasteiger partial charge in [-0.15, -0.1) is 0 Å². The fourth-order valence-electron chi connectivity index (χ4n) is 2.20. The van der Waals surface area contributed by atoms with Crippen molar-refractivity contribution in [2.45, 2.75) is 27.2 Å². The Hall–Kier alpha value is -2.03. The summed E-state index contributed by atoms with van der Waals surface area (Å²) in [5, 5.41) is 0. The van der Waals surface area contributed by atoms with Gasteiger partial charge in [0.15, 0.2) is 11.5 Å². The first kappa shape index (κ1) is 13.4. The number of carbonyl (C=O) groups is 1. The van der Waals surface area contributed by atoms with Gasteiger partial charge in [0.2, 0.25) is 0 Å². The van der Waals surface area contributed by atoms with Gasteiger partial charge in [0.1, 0.15) is 11.5 Å². The average molecular weight is 258 g/mol. The fraction of sp³-hybridized carbons (Fsp3) is 0.312. The second-order valence-corrected chi connectivity index (χ2v) is 4.76. The molecule has 1 aromatic carbocycles. The van der Waals surface area contributed by atoms with E-state index in [1.54, 1.807) is 13.2 Å². The van der Waals surface area contributed by atoms with Gasteiger partial charge in [-0.1, -0.05) is 6.07 Å². The van der Waals surface area contributed by atoms with Crippen molar-refractivity contribution in [2.24, 2.45) is 0 Å². The number of ketones is 1. The van der Waals surface area contributed by atoms with E-state index >= 15 is 0 Å². The molecule has 0 aliphatic rings. The lowest BCUT2D eigenvalue weighted by molar-refractivity contribution is 0.0985. The van der Waals surface area contributed by atoms with Gasteiger partial charge in [0.25, 0.3) is 0 Å². The molecule has 19 heavy (non-hydrogen) atoms. The van der Waals surface area contributed by atoms with Crippen LogP contribution < -0.4 is 4.74 Å². The van der Waals surface area contributed by atoms with Crippen LogP contribution in [0.15, 0.2) is 28.7 Å². The van der Waals surface area contributed by atoms with E-state index < -0.39 is 0 Å². The van der Waals surface area contributed by atoms with Crippen molar-refractivity contribution in [1.82, 2.24) is 0 Å². The van der Waals surface area contributed by atoms with E-state index in [4.69, 9.17) is 9.15 Å². The van der Waals surface area contributed by atoms with E-state index in [1.807, 2.05) is 19.1 Å². The summed E-state index contributed by atoms with van der Waals surface area (Å²) in [4.78, 5) is 11.2. The zero-order valence-corrected chi connectivity index (χ0v) is 11.7. The molecule has 3 nitrogen and oxygen atoms in total. The molecule has 0 aliphatic carbocycles. The highest BCUT2D eigenvalue weighted by atomic mass is 16.5. The maximum absolute atomic E-state index is 11.2. The van der Waals surface area contributed by atoms with Crippen LogP contribution in [0, 0.1) is 13.8 Å². The summed E-state index contributed by atoms with van der Waals surface area (Å²) < 4.78 is 11.0. The van der Waals surface area contributed by atoms with Crippen molar-refractivity contribution < 1.29 is 13.9 Å². The number of furan rings is 1. The first-order valence-corrected chi connectivity index (χ1v) is 6.25. The standard InChI is InChI=1S/C16H18O3/c1-10-7-11(2)14(16(8-10)18-4)9-13-5-6-15(19-13)12(3)17/h5-8H,9H2,1-4H3. The van der Waals surface area contributed by atoms with E-state index in [9.17, 15) is 4.79 Å². The Labute approximate surface area is 113 Å². The lowest BCUT2D eigenvalue weighted by Gasteiger charge is -2.12. The number of Topliss-reactive ketones (excluding diaryl/α,β-unsaturated/α-hetero) is 1. The Kier molecular flexibility index (Phi) is 3.74. The smallest absolute Gasteiger partial charge is 0.194 e. The van der Waals surface area contributed by atoms with Crippen LogP contribution in [0.4, 0.5) is 0 Å². The zero-order chi connectivity index (χ0) is 14.0. The van der Waals surface area contributed by atoms with Crippen LogP contribution in [-0.2, 0) is 6.42 Å². The van der Waals surface area contributed by atoms with E-state index in [0.717, 1.165) is 22.6 Å². The molecule has 0 fully saturated rings. The lowest BCUT2D eigenvalue weighted by atomic mass is 10.0. The topological polar surface area (TPSA) is 39.4 Å². The van der Waals surface area contributed by atoms with Gasteiger partial charge in [0.05, 0.1) is 7.11 Å². The number of rotatable bonds is 4. The molecule has 2 aromatic rings. The quantitative estimate of drug-likeness (QED) is 0.785. The predicted octanol–water partition coefficient (Wildman–Crippen LogP) is 3.70. The summed E-state index contributed by atoms with van der Waals surface area (Å²) in [5.74, 6) is 1.98. The molecular formula is C16H18O3. The normalized spacial score (nSPS) is 10.5. The minimum absolute atomic E-state index is 0.0566. The third-order valence-electron chi connectivity index (χ3n) is 3.16. The van der Waals surface area contributed by atoms with E-state index in [0.29, 0.717) is 12.2 Å². The molecule has 0 radical (unpaired) electrons. The molecule has 100 valence electrons. The molecule has 0 unspecified atom stereocenters. The highest BCUT2D eigenvalue weighted by Gasteiger charge is 2.12. The molecule has 0 bridgehead atoms. The van der Waals surface area contributed by atoms with Crippen molar-refractivity contribution in [3.63, 3.8) is 0 Å². The van der Waals surface area contributed by atoms with Crippen LogP contribution >= 0.6 is 0 Å². The van der Waals surface area contributed by atoms with Gasteiger partial charge in [-0.2, -0.15) is 0 Å². The third-order valence-corrected chi connectivity index (χ3v) is 3.16. The summed E-state index contributed by atoms with van der Waals surface area (Å²) in [5.41, 5.74) is 3.43. The van der Waals surface area contributed by atoms with Crippen LogP contribution in [0.25, 0.3) is 0 Å². The van der Waals surface area contributed by atoms with Gasteiger partial charge in [-0.05, 0) is 43.2 Å². The van der Waals surface area contributed by atoms with Gasteiger partial charge in [-0.25, -0.2) is 0 Å². The van der Waals surface area contributed by atoms with Crippen LogP contribution in [0.3, 0.4) is 0 Å². The number of methoxy groups -OCH3 is 1. The van der Waals surface area contributed by atoms with Crippen molar-refractivity contribution in [2.75, 3.05) is 7.11 Å². The maximum atomic E-state index is 11.2. The number of hydrogen-bond acceptors (Lipinski definition) is 3. The molecule has 3 heteroatoms. The van der Waals surface area contributed by atoms with Crippen molar-refractivity contribution in [3.05, 3.63) is 52.5 Å². The zero-order valence-electron chi connectivity index (χ0n) is 11.7. The maximum Gasteiger partial charge on any atom is 0.194 e. The first-order chi connectivity index (χ1) is 9.01. The van der Waals surface area contributed by atoms with Gasteiger partial charge >= 0.3 is 0 Å². The summed E-state index contributed by atoms with van der Waals surface area (Å²) in [6.07, 6.45) is 0.628. The molecular weight excluding hydrogens is 240 g/mol. The molecule has 0 aliphatic heterocycles. The lowest BCUT2D eigenvalue weighted by Crippen LogP contribution is -1.97. The second-order valence-electron chi connectivity index (χ2n) is 4.76. The van der Waals surface area contributed by atoms with Crippen molar-refractivity contribution in [3.8, 4) is 5.75 Å². The average Bonchev–Trinajstić information content (AvgIpc) is 2.81. The number of aryl methyl sites for hydroxylation is 2. The SMILES string of the molecule is COc1cc(C)cc(C)c1Cc1ccc(C(C)=O)o1. The molecule has 0 amide bonds. The minimum atomic E-state index is -0.0566. The monoisotopic (exact) mass is 258 g/mol.